The highest BCUT2D eigenvalue weighted by molar-refractivity contribution is 6.05. The molecule has 0 spiro atoms. The van der Waals surface area contributed by atoms with E-state index < -0.39 is 0 Å². The van der Waals surface area contributed by atoms with Gasteiger partial charge in [-0.15, -0.1) is 0 Å². The fraction of sp³-hybridized carbons (Fsp3) is 0.312. The van der Waals surface area contributed by atoms with Crippen LogP contribution in [-0.2, 0) is 11.3 Å². The van der Waals surface area contributed by atoms with Gasteiger partial charge in [-0.2, -0.15) is 5.26 Å². The Morgan fingerprint density at radius 2 is 2.24 bits per heavy atom. The summed E-state index contributed by atoms with van der Waals surface area (Å²) in [5, 5.41) is 8.97. The second kappa shape index (κ2) is 5.06. The van der Waals surface area contributed by atoms with Crippen LogP contribution in [0.2, 0.25) is 0 Å². The molecule has 3 rings (SSSR count). The van der Waals surface area contributed by atoms with Crippen molar-refractivity contribution in [3.8, 4) is 6.07 Å². The topological polar surface area (TPSA) is 70.1 Å². The third-order valence-electron chi connectivity index (χ3n) is 3.67. The first-order chi connectivity index (χ1) is 10.1. The van der Waals surface area contributed by atoms with E-state index in [0.29, 0.717) is 18.2 Å². The van der Waals surface area contributed by atoms with E-state index >= 15 is 0 Å². The molecule has 1 aromatic carbocycles. The molecule has 0 fully saturated rings. The summed E-state index contributed by atoms with van der Waals surface area (Å²) in [4.78, 5) is 18.4. The third kappa shape index (κ3) is 2.29. The maximum Gasteiger partial charge on any atom is 0.236 e. The first-order valence-electron chi connectivity index (χ1n) is 6.80. The minimum absolute atomic E-state index is 0.0620. The van der Waals surface area contributed by atoms with E-state index in [1.54, 1.807) is 11.1 Å². The van der Waals surface area contributed by atoms with Crippen LogP contribution >= 0.6 is 0 Å². The normalized spacial score (nSPS) is 16.9. The van der Waals surface area contributed by atoms with E-state index in [1.807, 2.05) is 32.0 Å². The van der Waals surface area contributed by atoms with E-state index in [9.17, 15) is 4.79 Å². The van der Waals surface area contributed by atoms with Crippen LogP contribution in [0, 0.1) is 25.2 Å². The van der Waals surface area contributed by atoms with E-state index in [-0.39, 0.29) is 18.2 Å². The average Bonchev–Trinajstić information content (AvgIpc) is 2.96. The molecule has 106 valence electrons. The fourth-order valence-electron chi connectivity index (χ4n) is 2.70. The molecule has 1 aliphatic rings. The maximum absolute atomic E-state index is 12.6. The summed E-state index contributed by atoms with van der Waals surface area (Å²) in [6, 6.07) is 7.98. The van der Waals surface area contributed by atoms with Crippen LogP contribution in [0.1, 0.15) is 35.1 Å². The molecule has 5 heteroatoms. The van der Waals surface area contributed by atoms with E-state index in [1.165, 1.54) is 0 Å². The van der Waals surface area contributed by atoms with Crippen LogP contribution in [0.3, 0.4) is 0 Å². The van der Waals surface area contributed by atoms with Crippen molar-refractivity contribution in [2.24, 2.45) is 0 Å². The lowest BCUT2D eigenvalue weighted by Gasteiger charge is -2.15. The average molecular weight is 281 g/mol. The molecule has 0 N–H and O–H groups in total. The van der Waals surface area contributed by atoms with Crippen molar-refractivity contribution in [1.82, 2.24) is 4.98 Å². The van der Waals surface area contributed by atoms with Gasteiger partial charge in [-0.3, -0.25) is 4.79 Å². The molecule has 1 amide bonds. The van der Waals surface area contributed by atoms with Gasteiger partial charge in [0.25, 0.3) is 0 Å². The number of hydrogen-bond donors (Lipinski definition) is 0. The minimum Gasteiger partial charge on any atom is -0.444 e. The van der Waals surface area contributed by atoms with Gasteiger partial charge < -0.3 is 9.32 Å². The zero-order chi connectivity index (χ0) is 15.0. The molecule has 0 aliphatic carbocycles. The van der Waals surface area contributed by atoms with Crippen LogP contribution in [0.15, 0.2) is 28.8 Å². The lowest BCUT2D eigenvalue weighted by Crippen LogP contribution is -2.28. The number of nitriles is 1. The van der Waals surface area contributed by atoms with Gasteiger partial charge >= 0.3 is 0 Å². The number of oxazole rings is 1. The molecule has 1 aliphatic heterocycles. The number of carbonyl (C=O) groups excluding carboxylic acids is 1. The molecular formula is C16H15N3O2. The smallest absolute Gasteiger partial charge is 0.236 e. The van der Waals surface area contributed by atoms with Crippen LogP contribution in [-0.4, -0.2) is 10.9 Å². The number of aryl methyl sites for hydroxylation is 2. The number of anilines is 1. The Morgan fingerprint density at radius 3 is 2.90 bits per heavy atom. The van der Waals surface area contributed by atoms with Crippen LogP contribution in [0.25, 0.3) is 0 Å². The van der Waals surface area contributed by atoms with Gasteiger partial charge in [-0.05, 0) is 25.5 Å². The Hall–Kier alpha value is -2.61. The summed E-state index contributed by atoms with van der Waals surface area (Å²) in [5.74, 6) is 0.772. The second-order valence-electron chi connectivity index (χ2n) is 5.27. The van der Waals surface area contributed by atoms with Crippen molar-refractivity contribution in [3.63, 3.8) is 0 Å². The van der Waals surface area contributed by atoms with Crippen molar-refractivity contribution in [1.29, 1.82) is 5.26 Å². The summed E-state index contributed by atoms with van der Waals surface area (Å²) >= 11 is 0. The molecule has 5 nitrogen and oxygen atoms in total. The zero-order valence-electron chi connectivity index (χ0n) is 12.0. The largest absolute Gasteiger partial charge is 0.444 e. The standard InChI is InChI=1S/C16H15N3O2/c1-10-3-4-14-13(7-10)12(5-6-17)16(20)19(14)9-15-18-8-11(2)21-15/h3-4,7-8,12H,5,9H2,1-2H3/t12-/m0/s1. The Labute approximate surface area is 122 Å². The number of aromatic nitrogens is 1. The highest BCUT2D eigenvalue weighted by Crippen LogP contribution is 2.40. The summed E-state index contributed by atoms with van der Waals surface area (Å²) in [6.07, 6.45) is 1.83. The van der Waals surface area contributed by atoms with Crippen molar-refractivity contribution in [2.45, 2.75) is 32.7 Å². The molecule has 0 saturated carbocycles. The van der Waals surface area contributed by atoms with E-state index in [0.717, 1.165) is 16.8 Å². The highest BCUT2D eigenvalue weighted by Gasteiger charge is 2.37. The van der Waals surface area contributed by atoms with Crippen LogP contribution in [0.4, 0.5) is 5.69 Å². The van der Waals surface area contributed by atoms with Gasteiger partial charge in [0.1, 0.15) is 12.3 Å². The molecule has 2 aromatic rings. The lowest BCUT2D eigenvalue weighted by atomic mass is 9.96. The van der Waals surface area contributed by atoms with Crippen molar-refractivity contribution in [3.05, 3.63) is 47.2 Å². The zero-order valence-corrected chi connectivity index (χ0v) is 12.0. The molecule has 0 bridgehead atoms. The van der Waals surface area contributed by atoms with Crippen molar-refractivity contribution >= 4 is 11.6 Å². The molecule has 0 radical (unpaired) electrons. The molecular weight excluding hydrogens is 266 g/mol. The van der Waals surface area contributed by atoms with E-state index in [4.69, 9.17) is 9.68 Å². The Kier molecular flexibility index (Phi) is 3.22. The SMILES string of the molecule is Cc1ccc2c(c1)[C@H](CC#N)C(=O)N2Cc1ncc(C)o1. The highest BCUT2D eigenvalue weighted by atomic mass is 16.4. The number of rotatable bonds is 3. The van der Waals surface area contributed by atoms with Gasteiger partial charge in [-0.25, -0.2) is 4.98 Å². The fourth-order valence-corrected chi connectivity index (χ4v) is 2.70. The Morgan fingerprint density at radius 1 is 1.43 bits per heavy atom. The summed E-state index contributed by atoms with van der Waals surface area (Å²) in [5.41, 5.74) is 2.85. The van der Waals surface area contributed by atoms with Gasteiger partial charge in [0.15, 0.2) is 0 Å². The molecule has 1 aromatic heterocycles. The first-order valence-corrected chi connectivity index (χ1v) is 6.80. The Bertz CT molecular complexity index is 742. The Balaban J connectivity index is 1.98. The van der Waals surface area contributed by atoms with Gasteiger partial charge in [0.2, 0.25) is 11.8 Å². The lowest BCUT2D eigenvalue weighted by molar-refractivity contribution is -0.119. The predicted molar refractivity (Wildman–Crippen MR) is 76.6 cm³/mol. The number of fused-ring (bicyclic) bond motifs is 1. The molecule has 0 saturated heterocycles. The van der Waals surface area contributed by atoms with E-state index in [2.05, 4.69) is 11.1 Å². The number of carbonyl (C=O) groups is 1. The second-order valence-corrected chi connectivity index (χ2v) is 5.27. The summed E-state index contributed by atoms with van der Waals surface area (Å²) in [7, 11) is 0. The minimum atomic E-state index is -0.388. The van der Waals surface area contributed by atoms with Crippen LogP contribution in [0.5, 0.6) is 0 Å². The predicted octanol–water partition coefficient (Wildman–Crippen LogP) is 2.84. The monoisotopic (exact) mass is 281 g/mol. The number of hydrogen-bond acceptors (Lipinski definition) is 4. The van der Waals surface area contributed by atoms with Crippen molar-refractivity contribution < 1.29 is 9.21 Å². The molecule has 1 atom stereocenters. The summed E-state index contributed by atoms with van der Waals surface area (Å²) < 4.78 is 5.46. The summed E-state index contributed by atoms with van der Waals surface area (Å²) in [6.45, 7) is 4.09. The maximum atomic E-state index is 12.6. The van der Waals surface area contributed by atoms with Gasteiger partial charge in [0.05, 0.1) is 24.6 Å². The molecule has 21 heavy (non-hydrogen) atoms. The number of nitrogens with zero attached hydrogens (tertiary/aromatic N) is 3. The van der Waals surface area contributed by atoms with Crippen molar-refractivity contribution in [2.75, 3.05) is 4.90 Å². The number of benzene rings is 1. The van der Waals surface area contributed by atoms with Gasteiger partial charge in [0, 0.05) is 5.69 Å². The molecule has 2 heterocycles. The first kappa shape index (κ1) is 13.4. The molecule has 0 unspecified atom stereocenters. The quantitative estimate of drug-likeness (QED) is 0.867. The third-order valence-corrected chi connectivity index (χ3v) is 3.67. The van der Waals surface area contributed by atoms with Gasteiger partial charge in [-0.1, -0.05) is 17.7 Å². The number of amides is 1. The van der Waals surface area contributed by atoms with Crippen LogP contribution < -0.4 is 4.90 Å².